The van der Waals surface area contributed by atoms with Crippen LogP contribution in [0.3, 0.4) is 0 Å². The number of hydrogen-bond acceptors (Lipinski definition) is 3. The number of nitrogens with one attached hydrogen (secondary N) is 1. The van der Waals surface area contributed by atoms with Crippen molar-refractivity contribution in [2.75, 3.05) is 40.8 Å². The average Bonchev–Trinajstić information content (AvgIpc) is 2.61. The predicted molar refractivity (Wildman–Crippen MR) is 84.8 cm³/mol. The Morgan fingerprint density at radius 1 is 1.00 bits per heavy atom. The summed E-state index contributed by atoms with van der Waals surface area (Å²) in [6.45, 7) is 5.86. The minimum atomic E-state index is 0.715. The van der Waals surface area contributed by atoms with E-state index in [1.165, 1.54) is 64.6 Å². The van der Waals surface area contributed by atoms with Crippen LogP contribution in [-0.2, 0) is 0 Å². The van der Waals surface area contributed by atoms with Crippen LogP contribution in [0.1, 0.15) is 51.9 Å². The highest BCUT2D eigenvalue weighted by Gasteiger charge is 2.26. The summed E-state index contributed by atoms with van der Waals surface area (Å²) in [6.07, 6.45) is 9.50. The van der Waals surface area contributed by atoms with Crippen molar-refractivity contribution >= 4 is 0 Å². The van der Waals surface area contributed by atoms with Crippen LogP contribution in [0, 0.1) is 0 Å². The van der Waals surface area contributed by atoms with Crippen molar-refractivity contribution < 1.29 is 0 Å². The molecule has 0 aromatic heterocycles. The van der Waals surface area contributed by atoms with Crippen molar-refractivity contribution in [2.24, 2.45) is 0 Å². The van der Waals surface area contributed by atoms with Gasteiger partial charge >= 0.3 is 0 Å². The molecular formula is C16H35N3. The fraction of sp³-hybridized carbons (Fsp3) is 1.00. The minimum Gasteiger partial charge on any atom is -0.312 e. The summed E-state index contributed by atoms with van der Waals surface area (Å²) in [7, 11) is 6.65. The van der Waals surface area contributed by atoms with E-state index < -0.39 is 0 Å². The molecule has 3 nitrogen and oxygen atoms in total. The summed E-state index contributed by atoms with van der Waals surface area (Å²) >= 11 is 0. The molecule has 1 saturated carbocycles. The van der Waals surface area contributed by atoms with Gasteiger partial charge in [0.15, 0.2) is 0 Å². The molecular weight excluding hydrogens is 234 g/mol. The lowest BCUT2D eigenvalue weighted by Crippen LogP contribution is -2.48. The fourth-order valence-corrected chi connectivity index (χ4v) is 3.19. The zero-order valence-electron chi connectivity index (χ0n) is 13.6. The van der Waals surface area contributed by atoms with Crippen LogP contribution in [-0.4, -0.2) is 62.7 Å². The maximum Gasteiger partial charge on any atom is 0.0246 e. The van der Waals surface area contributed by atoms with E-state index in [0.717, 1.165) is 6.04 Å². The molecule has 2 atom stereocenters. The van der Waals surface area contributed by atoms with Gasteiger partial charge in [0.1, 0.15) is 0 Å². The highest BCUT2D eigenvalue weighted by molar-refractivity contribution is 4.85. The van der Waals surface area contributed by atoms with Crippen molar-refractivity contribution in [3.8, 4) is 0 Å². The molecule has 1 N–H and O–H groups in total. The van der Waals surface area contributed by atoms with Crippen molar-refractivity contribution in [1.82, 2.24) is 15.1 Å². The third kappa shape index (κ3) is 6.73. The normalized spacial score (nSPS) is 24.9. The molecule has 3 heteroatoms. The Balaban J connectivity index is 2.42. The van der Waals surface area contributed by atoms with Gasteiger partial charge in [-0.15, -0.1) is 0 Å². The SMILES string of the molecule is CCCNC1CCCCCC1N(C)CCCN(C)C. The Labute approximate surface area is 120 Å². The first-order chi connectivity index (χ1) is 9.15. The van der Waals surface area contributed by atoms with Gasteiger partial charge in [-0.1, -0.05) is 26.2 Å². The molecule has 19 heavy (non-hydrogen) atoms. The molecule has 0 spiro atoms. The monoisotopic (exact) mass is 269 g/mol. The molecule has 0 aromatic carbocycles. The lowest BCUT2D eigenvalue weighted by Gasteiger charge is -2.34. The lowest BCUT2D eigenvalue weighted by atomic mass is 10.0. The molecule has 0 aliphatic heterocycles. The number of rotatable bonds is 8. The van der Waals surface area contributed by atoms with Gasteiger partial charge in [0.05, 0.1) is 0 Å². The maximum absolute atomic E-state index is 3.79. The van der Waals surface area contributed by atoms with E-state index in [-0.39, 0.29) is 0 Å². The highest BCUT2D eigenvalue weighted by atomic mass is 15.2. The van der Waals surface area contributed by atoms with Crippen LogP contribution in [0.5, 0.6) is 0 Å². The molecule has 0 bridgehead atoms. The first kappa shape index (κ1) is 16.9. The molecule has 1 aliphatic rings. The van der Waals surface area contributed by atoms with Gasteiger partial charge in [-0.2, -0.15) is 0 Å². The Kier molecular flexibility index (Phi) is 8.67. The first-order valence-corrected chi connectivity index (χ1v) is 8.23. The molecule has 0 amide bonds. The summed E-state index contributed by atoms with van der Waals surface area (Å²) in [5.41, 5.74) is 0. The molecule has 1 fully saturated rings. The third-order valence-electron chi connectivity index (χ3n) is 4.32. The fourth-order valence-electron chi connectivity index (χ4n) is 3.19. The molecule has 114 valence electrons. The molecule has 2 unspecified atom stereocenters. The van der Waals surface area contributed by atoms with Crippen LogP contribution in [0.4, 0.5) is 0 Å². The van der Waals surface area contributed by atoms with E-state index in [1.54, 1.807) is 0 Å². The second-order valence-electron chi connectivity index (χ2n) is 6.40. The van der Waals surface area contributed by atoms with E-state index in [2.05, 4.69) is 43.2 Å². The zero-order chi connectivity index (χ0) is 14.1. The van der Waals surface area contributed by atoms with Gasteiger partial charge in [-0.25, -0.2) is 0 Å². The van der Waals surface area contributed by atoms with Crippen molar-refractivity contribution in [2.45, 2.75) is 64.0 Å². The van der Waals surface area contributed by atoms with Gasteiger partial charge in [-0.05, 0) is 66.5 Å². The molecule has 0 radical (unpaired) electrons. The summed E-state index contributed by atoms with van der Waals surface area (Å²) in [5.74, 6) is 0. The van der Waals surface area contributed by atoms with Crippen molar-refractivity contribution in [3.63, 3.8) is 0 Å². The van der Waals surface area contributed by atoms with E-state index in [1.807, 2.05) is 0 Å². The molecule has 0 saturated heterocycles. The quantitative estimate of drug-likeness (QED) is 0.683. The first-order valence-electron chi connectivity index (χ1n) is 8.23. The van der Waals surface area contributed by atoms with Gasteiger partial charge in [0.2, 0.25) is 0 Å². The Bertz CT molecular complexity index is 218. The Morgan fingerprint density at radius 3 is 2.42 bits per heavy atom. The van der Waals surface area contributed by atoms with Crippen LogP contribution in [0.2, 0.25) is 0 Å². The average molecular weight is 269 g/mol. The zero-order valence-corrected chi connectivity index (χ0v) is 13.6. The summed E-state index contributed by atoms with van der Waals surface area (Å²) in [4.78, 5) is 4.90. The van der Waals surface area contributed by atoms with Crippen molar-refractivity contribution in [3.05, 3.63) is 0 Å². The van der Waals surface area contributed by atoms with Gasteiger partial charge in [0.25, 0.3) is 0 Å². The third-order valence-corrected chi connectivity index (χ3v) is 4.32. The second kappa shape index (κ2) is 9.73. The van der Waals surface area contributed by atoms with E-state index >= 15 is 0 Å². The van der Waals surface area contributed by atoms with Crippen LogP contribution >= 0.6 is 0 Å². The highest BCUT2D eigenvalue weighted by Crippen LogP contribution is 2.22. The summed E-state index contributed by atoms with van der Waals surface area (Å²) in [5, 5.41) is 3.79. The predicted octanol–water partition coefficient (Wildman–Crippen LogP) is 2.57. The molecule has 0 aromatic rings. The number of likely N-dealkylation sites (N-methyl/N-ethyl adjacent to an activating group) is 1. The number of nitrogens with zero attached hydrogens (tertiary/aromatic N) is 2. The molecule has 0 heterocycles. The molecule has 1 aliphatic carbocycles. The Morgan fingerprint density at radius 2 is 1.74 bits per heavy atom. The topological polar surface area (TPSA) is 18.5 Å². The molecule has 1 rings (SSSR count). The smallest absolute Gasteiger partial charge is 0.0246 e. The summed E-state index contributed by atoms with van der Waals surface area (Å²) < 4.78 is 0. The van der Waals surface area contributed by atoms with Crippen LogP contribution < -0.4 is 5.32 Å². The van der Waals surface area contributed by atoms with Gasteiger partial charge in [0, 0.05) is 12.1 Å². The number of hydrogen-bond donors (Lipinski definition) is 1. The lowest BCUT2D eigenvalue weighted by molar-refractivity contribution is 0.175. The van der Waals surface area contributed by atoms with Gasteiger partial charge in [-0.3, -0.25) is 0 Å². The van der Waals surface area contributed by atoms with Gasteiger partial charge < -0.3 is 15.1 Å². The largest absolute Gasteiger partial charge is 0.312 e. The standard InChI is InChI=1S/C16H35N3/c1-5-12-17-15-10-7-6-8-11-16(15)19(4)14-9-13-18(2)3/h15-17H,5-14H2,1-4H3. The van der Waals surface area contributed by atoms with E-state index in [9.17, 15) is 0 Å². The maximum atomic E-state index is 3.79. The Hall–Kier alpha value is -0.120. The second-order valence-corrected chi connectivity index (χ2v) is 6.40. The van der Waals surface area contributed by atoms with Crippen LogP contribution in [0.25, 0.3) is 0 Å². The van der Waals surface area contributed by atoms with E-state index in [4.69, 9.17) is 0 Å². The van der Waals surface area contributed by atoms with Crippen molar-refractivity contribution in [1.29, 1.82) is 0 Å². The van der Waals surface area contributed by atoms with Crippen LogP contribution in [0.15, 0.2) is 0 Å². The minimum absolute atomic E-state index is 0.715. The van der Waals surface area contributed by atoms with E-state index in [0.29, 0.717) is 6.04 Å². The summed E-state index contributed by atoms with van der Waals surface area (Å²) in [6, 6.07) is 1.46.